The second kappa shape index (κ2) is 7.51. The van der Waals surface area contributed by atoms with E-state index in [4.69, 9.17) is 4.74 Å². The Hall–Kier alpha value is -1.01. The van der Waals surface area contributed by atoms with Crippen molar-refractivity contribution < 1.29 is 14.2 Å². The van der Waals surface area contributed by atoms with Crippen molar-refractivity contribution in [3.8, 4) is 0 Å². The molecule has 1 aromatic carbocycles. The van der Waals surface area contributed by atoms with Crippen LogP contribution in [0.1, 0.15) is 18.4 Å². The molecule has 0 radical (unpaired) electrons. The highest BCUT2D eigenvalue weighted by atomic mass is 19.1. The van der Waals surface area contributed by atoms with Crippen molar-refractivity contribution >= 4 is 0 Å². The van der Waals surface area contributed by atoms with E-state index in [0.717, 1.165) is 51.3 Å². The molecule has 1 aromatic rings. The summed E-state index contributed by atoms with van der Waals surface area (Å²) in [6.07, 6.45) is 1.76. The molecular formula is C17H25FN2O2. The number of halogens is 1. The van der Waals surface area contributed by atoms with E-state index in [9.17, 15) is 9.50 Å². The average Bonchev–Trinajstić information content (AvgIpc) is 2.70. The van der Waals surface area contributed by atoms with Gasteiger partial charge in [0.25, 0.3) is 0 Å². The van der Waals surface area contributed by atoms with Crippen LogP contribution >= 0.6 is 0 Å². The first-order valence-corrected chi connectivity index (χ1v) is 8.17. The molecule has 122 valence electrons. The van der Waals surface area contributed by atoms with Crippen LogP contribution in [0.5, 0.6) is 0 Å². The Bertz CT molecular complexity index is 479. The van der Waals surface area contributed by atoms with Crippen LogP contribution in [0.3, 0.4) is 0 Å². The monoisotopic (exact) mass is 308 g/mol. The molecule has 0 bridgehead atoms. The number of ether oxygens (including phenoxy) is 1. The van der Waals surface area contributed by atoms with E-state index in [2.05, 4.69) is 9.80 Å². The molecule has 5 heteroatoms. The molecule has 2 saturated heterocycles. The molecule has 2 heterocycles. The van der Waals surface area contributed by atoms with Gasteiger partial charge in [-0.2, -0.15) is 0 Å². The summed E-state index contributed by atoms with van der Waals surface area (Å²) in [5.41, 5.74) is 0.965. The number of β-amino-alcohol motifs (C(OH)–C–C–N with tert-alkyl or cyclic N) is 1. The number of aliphatic hydroxyl groups is 1. The maximum atomic E-state index is 13.3. The molecule has 1 unspecified atom stereocenters. The van der Waals surface area contributed by atoms with Crippen molar-refractivity contribution in [2.24, 2.45) is 0 Å². The summed E-state index contributed by atoms with van der Waals surface area (Å²) in [4.78, 5) is 4.62. The quantitative estimate of drug-likeness (QED) is 0.918. The third kappa shape index (κ3) is 4.26. The van der Waals surface area contributed by atoms with Crippen molar-refractivity contribution in [2.75, 3.05) is 39.4 Å². The van der Waals surface area contributed by atoms with Gasteiger partial charge in [0.05, 0.1) is 6.10 Å². The standard InChI is InChI=1S/C17H25FN2O2/c18-15-3-1-2-14(10-15)11-19-6-7-20(13-17(21)12-19)16-4-8-22-9-5-16/h1-3,10,16-17,21H,4-9,11-13H2. The van der Waals surface area contributed by atoms with Crippen LogP contribution in [0.15, 0.2) is 24.3 Å². The molecular weight excluding hydrogens is 283 g/mol. The second-order valence-electron chi connectivity index (χ2n) is 6.36. The molecule has 4 nitrogen and oxygen atoms in total. The predicted molar refractivity (Wildman–Crippen MR) is 83.1 cm³/mol. The number of benzene rings is 1. The lowest BCUT2D eigenvalue weighted by atomic mass is 10.1. The zero-order valence-electron chi connectivity index (χ0n) is 13.0. The Morgan fingerprint density at radius 2 is 2.00 bits per heavy atom. The van der Waals surface area contributed by atoms with E-state index >= 15 is 0 Å². The topological polar surface area (TPSA) is 35.9 Å². The minimum absolute atomic E-state index is 0.197. The minimum atomic E-state index is -0.348. The van der Waals surface area contributed by atoms with E-state index in [1.54, 1.807) is 12.1 Å². The van der Waals surface area contributed by atoms with Gasteiger partial charge in [0.1, 0.15) is 5.82 Å². The number of hydrogen-bond donors (Lipinski definition) is 1. The Balaban J connectivity index is 1.59. The summed E-state index contributed by atoms with van der Waals surface area (Å²) in [7, 11) is 0. The van der Waals surface area contributed by atoms with Crippen LogP contribution in [0.4, 0.5) is 4.39 Å². The van der Waals surface area contributed by atoms with Gasteiger partial charge < -0.3 is 9.84 Å². The summed E-state index contributed by atoms with van der Waals surface area (Å²) in [6, 6.07) is 7.25. The minimum Gasteiger partial charge on any atom is -0.390 e. The van der Waals surface area contributed by atoms with Crippen LogP contribution in [0, 0.1) is 5.82 Å². The molecule has 2 fully saturated rings. The maximum absolute atomic E-state index is 13.3. The Kier molecular flexibility index (Phi) is 5.41. The van der Waals surface area contributed by atoms with Crippen LogP contribution < -0.4 is 0 Å². The van der Waals surface area contributed by atoms with E-state index in [0.29, 0.717) is 19.1 Å². The van der Waals surface area contributed by atoms with Crippen molar-refractivity contribution in [1.29, 1.82) is 0 Å². The number of rotatable bonds is 3. The fourth-order valence-electron chi connectivity index (χ4n) is 3.50. The summed E-state index contributed by atoms with van der Waals surface area (Å²) in [5, 5.41) is 10.3. The van der Waals surface area contributed by atoms with Crippen molar-refractivity contribution in [1.82, 2.24) is 9.80 Å². The van der Waals surface area contributed by atoms with E-state index in [1.807, 2.05) is 6.07 Å². The molecule has 22 heavy (non-hydrogen) atoms. The van der Waals surface area contributed by atoms with Crippen molar-refractivity contribution in [3.63, 3.8) is 0 Å². The smallest absolute Gasteiger partial charge is 0.123 e. The fraction of sp³-hybridized carbons (Fsp3) is 0.647. The first kappa shape index (κ1) is 15.9. The van der Waals surface area contributed by atoms with Gasteiger partial charge >= 0.3 is 0 Å². The van der Waals surface area contributed by atoms with Gasteiger partial charge in [-0.15, -0.1) is 0 Å². The predicted octanol–water partition coefficient (Wildman–Crippen LogP) is 1.48. The summed E-state index contributed by atoms with van der Waals surface area (Å²) in [6.45, 7) is 5.58. The third-order valence-electron chi connectivity index (χ3n) is 4.62. The average molecular weight is 308 g/mol. The Labute approximate surface area is 131 Å². The van der Waals surface area contributed by atoms with Gasteiger partial charge in [-0.05, 0) is 30.5 Å². The summed E-state index contributed by atoms with van der Waals surface area (Å²) >= 11 is 0. The van der Waals surface area contributed by atoms with Gasteiger partial charge in [-0.25, -0.2) is 4.39 Å². The van der Waals surface area contributed by atoms with Crippen LogP contribution in [0.2, 0.25) is 0 Å². The largest absolute Gasteiger partial charge is 0.390 e. The normalized spacial score (nSPS) is 26.0. The molecule has 3 rings (SSSR count). The number of hydrogen-bond acceptors (Lipinski definition) is 4. The van der Waals surface area contributed by atoms with Gasteiger partial charge in [-0.3, -0.25) is 9.80 Å². The van der Waals surface area contributed by atoms with Crippen LogP contribution in [-0.4, -0.2) is 66.4 Å². The third-order valence-corrected chi connectivity index (χ3v) is 4.62. The molecule has 1 atom stereocenters. The van der Waals surface area contributed by atoms with Crippen molar-refractivity contribution in [2.45, 2.75) is 31.5 Å². The van der Waals surface area contributed by atoms with Gasteiger partial charge in [0.15, 0.2) is 0 Å². The molecule has 2 aliphatic heterocycles. The molecule has 0 spiro atoms. The summed E-state index contributed by atoms with van der Waals surface area (Å²) < 4.78 is 18.7. The summed E-state index contributed by atoms with van der Waals surface area (Å²) in [5.74, 6) is -0.197. The Morgan fingerprint density at radius 3 is 2.77 bits per heavy atom. The molecule has 2 aliphatic rings. The lowest BCUT2D eigenvalue weighted by Crippen LogP contribution is -2.43. The van der Waals surface area contributed by atoms with Crippen molar-refractivity contribution in [3.05, 3.63) is 35.6 Å². The Morgan fingerprint density at radius 1 is 1.18 bits per heavy atom. The van der Waals surface area contributed by atoms with Gasteiger partial charge in [0.2, 0.25) is 0 Å². The highest BCUT2D eigenvalue weighted by Crippen LogP contribution is 2.18. The first-order valence-electron chi connectivity index (χ1n) is 8.17. The second-order valence-corrected chi connectivity index (χ2v) is 6.36. The van der Waals surface area contributed by atoms with Crippen LogP contribution in [0.25, 0.3) is 0 Å². The van der Waals surface area contributed by atoms with Gasteiger partial charge in [0, 0.05) is 52.0 Å². The van der Waals surface area contributed by atoms with Crippen LogP contribution in [-0.2, 0) is 11.3 Å². The molecule has 1 N–H and O–H groups in total. The van der Waals surface area contributed by atoms with E-state index in [-0.39, 0.29) is 11.9 Å². The molecule has 0 saturated carbocycles. The maximum Gasteiger partial charge on any atom is 0.123 e. The first-order chi connectivity index (χ1) is 10.7. The zero-order chi connectivity index (χ0) is 15.4. The lowest BCUT2D eigenvalue weighted by Gasteiger charge is -2.33. The van der Waals surface area contributed by atoms with E-state index in [1.165, 1.54) is 6.07 Å². The lowest BCUT2D eigenvalue weighted by molar-refractivity contribution is 0.0217. The highest BCUT2D eigenvalue weighted by molar-refractivity contribution is 5.16. The van der Waals surface area contributed by atoms with E-state index < -0.39 is 0 Å². The fourth-order valence-corrected chi connectivity index (χ4v) is 3.50. The van der Waals surface area contributed by atoms with Gasteiger partial charge in [-0.1, -0.05) is 12.1 Å². The highest BCUT2D eigenvalue weighted by Gasteiger charge is 2.27. The SMILES string of the molecule is OC1CN(Cc2cccc(F)c2)CCN(C2CCOCC2)C1. The molecule has 0 amide bonds. The zero-order valence-corrected chi connectivity index (χ0v) is 13.0. The molecule has 0 aliphatic carbocycles. The number of nitrogens with zero attached hydrogens (tertiary/aromatic N) is 2. The number of aliphatic hydroxyl groups excluding tert-OH is 1. The molecule has 0 aromatic heterocycles.